The summed E-state index contributed by atoms with van der Waals surface area (Å²) in [7, 11) is 0. The fourth-order valence-corrected chi connectivity index (χ4v) is 3.72. The number of likely N-dealkylation sites (tertiary alicyclic amines) is 1. The first-order chi connectivity index (χ1) is 9.24. The van der Waals surface area contributed by atoms with E-state index in [-0.39, 0.29) is 11.8 Å². The first-order valence-electron chi connectivity index (χ1n) is 7.99. The van der Waals surface area contributed by atoms with E-state index in [0.29, 0.717) is 12.0 Å². The first-order valence-corrected chi connectivity index (χ1v) is 7.99. The lowest BCUT2D eigenvalue weighted by molar-refractivity contribution is -0.127. The van der Waals surface area contributed by atoms with E-state index >= 15 is 0 Å². The van der Waals surface area contributed by atoms with Gasteiger partial charge in [0.25, 0.3) is 0 Å². The van der Waals surface area contributed by atoms with E-state index in [2.05, 4.69) is 22.5 Å². The summed E-state index contributed by atoms with van der Waals surface area (Å²) in [6.07, 6.45) is 6.65. The van der Waals surface area contributed by atoms with Crippen molar-refractivity contribution in [3.8, 4) is 0 Å². The van der Waals surface area contributed by atoms with Gasteiger partial charge in [-0.25, -0.2) is 0 Å². The Kier molecular flexibility index (Phi) is 4.08. The highest BCUT2D eigenvalue weighted by atomic mass is 16.2. The van der Waals surface area contributed by atoms with Crippen molar-refractivity contribution in [2.75, 3.05) is 26.2 Å². The average molecular weight is 265 g/mol. The number of amides is 1. The van der Waals surface area contributed by atoms with Crippen LogP contribution in [0.1, 0.15) is 39.0 Å². The zero-order valence-electron chi connectivity index (χ0n) is 12.0. The van der Waals surface area contributed by atoms with Crippen molar-refractivity contribution in [1.82, 2.24) is 15.5 Å². The summed E-state index contributed by atoms with van der Waals surface area (Å²) in [5, 5.41) is 6.52. The Morgan fingerprint density at radius 3 is 2.63 bits per heavy atom. The molecular weight excluding hydrogens is 238 g/mol. The van der Waals surface area contributed by atoms with Crippen molar-refractivity contribution in [3.63, 3.8) is 0 Å². The third kappa shape index (κ3) is 2.95. The quantitative estimate of drug-likeness (QED) is 0.796. The highest BCUT2D eigenvalue weighted by Crippen LogP contribution is 2.26. The second kappa shape index (κ2) is 5.80. The maximum absolute atomic E-state index is 12.2. The van der Waals surface area contributed by atoms with Gasteiger partial charge in [-0.2, -0.15) is 0 Å². The zero-order valence-corrected chi connectivity index (χ0v) is 12.0. The lowest BCUT2D eigenvalue weighted by Crippen LogP contribution is -2.51. The summed E-state index contributed by atoms with van der Waals surface area (Å²) in [6.45, 7) is 6.34. The van der Waals surface area contributed by atoms with Gasteiger partial charge < -0.3 is 10.6 Å². The number of nitrogens with zero attached hydrogens (tertiary/aromatic N) is 1. The predicted octanol–water partition coefficient (Wildman–Crippen LogP) is 0.975. The van der Waals surface area contributed by atoms with Gasteiger partial charge in [0.15, 0.2) is 0 Å². The number of carbonyl (C=O) groups excluding carboxylic acids is 1. The molecule has 2 unspecified atom stereocenters. The molecule has 2 atom stereocenters. The van der Waals surface area contributed by atoms with Crippen LogP contribution in [0.25, 0.3) is 0 Å². The molecule has 2 heterocycles. The Balaban J connectivity index is 1.44. The van der Waals surface area contributed by atoms with Gasteiger partial charge in [-0.05, 0) is 38.3 Å². The normalized spacial score (nSPS) is 31.3. The Labute approximate surface area is 116 Å². The van der Waals surface area contributed by atoms with Crippen LogP contribution < -0.4 is 10.6 Å². The average Bonchev–Trinajstić information content (AvgIpc) is 2.95. The first kappa shape index (κ1) is 13.4. The van der Waals surface area contributed by atoms with Gasteiger partial charge >= 0.3 is 0 Å². The molecule has 0 spiro atoms. The fraction of sp³-hybridized carbons (Fsp3) is 0.933. The van der Waals surface area contributed by atoms with Gasteiger partial charge in [-0.3, -0.25) is 9.69 Å². The maximum Gasteiger partial charge on any atom is 0.223 e. The van der Waals surface area contributed by atoms with E-state index < -0.39 is 0 Å². The van der Waals surface area contributed by atoms with Gasteiger partial charge in [0.1, 0.15) is 0 Å². The van der Waals surface area contributed by atoms with Crippen molar-refractivity contribution in [3.05, 3.63) is 0 Å². The van der Waals surface area contributed by atoms with Gasteiger partial charge in [-0.1, -0.05) is 19.8 Å². The molecule has 0 aromatic carbocycles. The zero-order chi connectivity index (χ0) is 13.2. The molecule has 2 saturated heterocycles. The molecule has 0 aromatic heterocycles. The number of hydrogen-bond donors (Lipinski definition) is 2. The molecule has 1 amide bonds. The van der Waals surface area contributed by atoms with Crippen molar-refractivity contribution in [1.29, 1.82) is 0 Å². The third-order valence-corrected chi connectivity index (χ3v) is 5.34. The summed E-state index contributed by atoms with van der Waals surface area (Å²) in [6, 6.07) is 1.19. The summed E-state index contributed by atoms with van der Waals surface area (Å²) in [4.78, 5) is 14.8. The van der Waals surface area contributed by atoms with Crippen LogP contribution in [0.4, 0.5) is 0 Å². The van der Waals surface area contributed by atoms with Crippen molar-refractivity contribution < 1.29 is 4.79 Å². The van der Waals surface area contributed by atoms with Gasteiger partial charge in [-0.15, -0.1) is 0 Å². The van der Waals surface area contributed by atoms with E-state index in [1.807, 2.05) is 0 Å². The molecule has 2 N–H and O–H groups in total. The molecule has 0 radical (unpaired) electrons. The lowest BCUT2D eigenvalue weighted by atomic mass is 9.88. The molecule has 19 heavy (non-hydrogen) atoms. The molecule has 0 bridgehead atoms. The summed E-state index contributed by atoms with van der Waals surface area (Å²) < 4.78 is 0. The number of nitrogens with one attached hydrogen (secondary N) is 2. The molecule has 4 heteroatoms. The Bertz CT molecular complexity index is 323. The standard InChI is InChI=1S/C15H27N3O/c1-11(12-8-16-9-12)15(19)17-13-6-7-18(10-13)14-4-2-3-5-14/h11-14,16H,2-10H2,1H3,(H,17,19). The molecule has 2 aliphatic heterocycles. The van der Waals surface area contributed by atoms with Crippen LogP contribution in [-0.4, -0.2) is 49.1 Å². The van der Waals surface area contributed by atoms with Gasteiger partial charge in [0.2, 0.25) is 5.91 Å². The smallest absolute Gasteiger partial charge is 0.223 e. The molecule has 0 aromatic rings. The minimum absolute atomic E-state index is 0.168. The molecule has 1 saturated carbocycles. The second-order valence-corrected chi connectivity index (χ2v) is 6.63. The maximum atomic E-state index is 12.2. The van der Waals surface area contributed by atoms with Crippen LogP contribution in [0.3, 0.4) is 0 Å². The van der Waals surface area contributed by atoms with Crippen LogP contribution in [0.5, 0.6) is 0 Å². The van der Waals surface area contributed by atoms with E-state index in [1.54, 1.807) is 0 Å². The van der Waals surface area contributed by atoms with E-state index in [1.165, 1.54) is 32.2 Å². The molecule has 108 valence electrons. The SMILES string of the molecule is CC(C(=O)NC1CCN(C2CCCC2)C1)C1CNC1. The summed E-state index contributed by atoms with van der Waals surface area (Å²) >= 11 is 0. The summed E-state index contributed by atoms with van der Waals surface area (Å²) in [5.41, 5.74) is 0. The van der Waals surface area contributed by atoms with E-state index in [0.717, 1.165) is 32.1 Å². The topological polar surface area (TPSA) is 44.4 Å². The van der Waals surface area contributed by atoms with Gasteiger partial charge in [0, 0.05) is 31.1 Å². The van der Waals surface area contributed by atoms with Crippen LogP contribution in [0, 0.1) is 11.8 Å². The largest absolute Gasteiger partial charge is 0.352 e. The van der Waals surface area contributed by atoms with Crippen LogP contribution >= 0.6 is 0 Å². The molecule has 3 rings (SSSR count). The number of carbonyl (C=O) groups is 1. The van der Waals surface area contributed by atoms with Crippen LogP contribution in [0.15, 0.2) is 0 Å². The number of hydrogen-bond acceptors (Lipinski definition) is 3. The Morgan fingerprint density at radius 2 is 2.00 bits per heavy atom. The van der Waals surface area contributed by atoms with E-state index in [9.17, 15) is 4.79 Å². The number of rotatable bonds is 4. The minimum Gasteiger partial charge on any atom is -0.352 e. The van der Waals surface area contributed by atoms with Crippen LogP contribution in [-0.2, 0) is 4.79 Å². The summed E-state index contributed by atoms with van der Waals surface area (Å²) in [5.74, 6) is 0.985. The predicted molar refractivity (Wildman–Crippen MR) is 75.9 cm³/mol. The Hall–Kier alpha value is -0.610. The Morgan fingerprint density at radius 1 is 1.26 bits per heavy atom. The fourth-order valence-electron chi connectivity index (χ4n) is 3.72. The molecule has 3 aliphatic rings. The van der Waals surface area contributed by atoms with E-state index in [4.69, 9.17) is 0 Å². The van der Waals surface area contributed by atoms with Crippen LogP contribution in [0.2, 0.25) is 0 Å². The van der Waals surface area contributed by atoms with Crippen molar-refractivity contribution >= 4 is 5.91 Å². The monoisotopic (exact) mass is 265 g/mol. The molecule has 4 nitrogen and oxygen atoms in total. The van der Waals surface area contributed by atoms with Crippen molar-refractivity contribution in [2.24, 2.45) is 11.8 Å². The molecule has 3 fully saturated rings. The van der Waals surface area contributed by atoms with Crippen molar-refractivity contribution in [2.45, 2.75) is 51.1 Å². The second-order valence-electron chi connectivity index (χ2n) is 6.63. The lowest BCUT2D eigenvalue weighted by Gasteiger charge is -2.32. The third-order valence-electron chi connectivity index (χ3n) is 5.34. The minimum atomic E-state index is 0.168. The van der Waals surface area contributed by atoms with Gasteiger partial charge in [0.05, 0.1) is 0 Å². The highest BCUT2D eigenvalue weighted by molar-refractivity contribution is 5.79. The molecule has 1 aliphatic carbocycles. The molecular formula is C15H27N3O. The highest BCUT2D eigenvalue weighted by Gasteiger charge is 2.33.